The summed E-state index contributed by atoms with van der Waals surface area (Å²) in [6.45, 7) is 5.74. The second kappa shape index (κ2) is 27.6. The molecular weight excluding hydrogens is 805 g/mol. The molecule has 0 saturated carbocycles. The number of nitrogens with zero attached hydrogens (tertiary/aromatic N) is 2. The van der Waals surface area contributed by atoms with Gasteiger partial charge < -0.3 is 29.2 Å². The minimum absolute atomic E-state index is 0.124. The molecule has 0 unspecified atom stereocenters. The number of ether oxygens (including phenoxy) is 4. The Labute approximate surface area is 379 Å². The second-order valence-electron chi connectivity index (χ2n) is 15.9. The number of aromatic hydroxyl groups is 2. The van der Waals surface area contributed by atoms with Gasteiger partial charge in [-0.05, 0) is 97.8 Å². The van der Waals surface area contributed by atoms with Crippen molar-refractivity contribution in [2.24, 2.45) is 9.98 Å². The van der Waals surface area contributed by atoms with E-state index in [-0.39, 0.29) is 23.0 Å². The van der Waals surface area contributed by atoms with Gasteiger partial charge in [0.2, 0.25) is 0 Å². The quantitative estimate of drug-likeness (QED) is 0.0219. The van der Waals surface area contributed by atoms with E-state index >= 15 is 0 Å². The van der Waals surface area contributed by atoms with Gasteiger partial charge in [-0.25, -0.2) is 9.59 Å². The number of carbonyl (C=O) groups excluding carboxylic acids is 2. The summed E-state index contributed by atoms with van der Waals surface area (Å²) in [6, 6.07) is 29.9. The minimum Gasteiger partial charge on any atom is -0.507 e. The highest BCUT2D eigenvalue weighted by Crippen LogP contribution is 2.30. The van der Waals surface area contributed by atoms with Gasteiger partial charge in [0, 0.05) is 35.7 Å². The first-order valence-electron chi connectivity index (χ1n) is 23.1. The number of phenolic OH excluding ortho intramolecular Hbond substituents is 2. The van der Waals surface area contributed by atoms with Gasteiger partial charge in [0.1, 0.15) is 34.5 Å². The molecule has 0 heterocycles. The molecule has 0 aliphatic rings. The molecule has 0 radical (unpaired) electrons. The molecule has 0 aliphatic heterocycles. The topological polar surface area (TPSA) is 136 Å². The molecule has 0 fully saturated rings. The Hall–Kier alpha value is -6.42. The number of hydrogen-bond acceptors (Lipinski definition) is 10. The zero-order chi connectivity index (χ0) is 45.2. The van der Waals surface area contributed by atoms with Crippen LogP contribution in [0.3, 0.4) is 0 Å². The molecule has 0 saturated heterocycles. The molecular formula is C54H64N2O8. The summed E-state index contributed by atoms with van der Waals surface area (Å²) >= 11 is 0. The smallest absolute Gasteiger partial charge is 0.343 e. The molecule has 5 aromatic carbocycles. The summed E-state index contributed by atoms with van der Waals surface area (Å²) in [7, 11) is 0. The molecule has 0 amide bonds. The van der Waals surface area contributed by atoms with E-state index in [0.717, 1.165) is 25.7 Å². The first-order valence-corrected chi connectivity index (χ1v) is 23.1. The average molecular weight is 869 g/mol. The zero-order valence-corrected chi connectivity index (χ0v) is 37.5. The number of rotatable bonds is 28. The molecule has 0 aromatic heterocycles. The molecule has 338 valence electrons. The largest absolute Gasteiger partial charge is 0.507 e. The third-order valence-corrected chi connectivity index (χ3v) is 10.7. The standard InChI is InChI=1S/C54H64N2O8/c1-3-5-7-9-11-13-15-19-35-61-45-29-23-41(24-30-45)53(59)63-47-33-27-43(51(57)37-47)39-55-49-21-17-18-22-50(49)56-40-44-28-34-48(38-52(44)58)64-54(60)42-25-31-46(32-26-42)62-36-20-16-14-12-10-8-6-4-2/h17-18,21-34,37-40,57-58H,3-16,19-20,35-36H2,1-2H3. The van der Waals surface area contributed by atoms with E-state index in [4.69, 9.17) is 18.9 Å². The average Bonchev–Trinajstić information content (AvgIpc) is 3.30. The molecule has 0 aliphatic carbocycles. The van der Waals surface area contributed by atoms with E-state index in [1.807, 2.05) is 12.1 Å². The molecule has 5 aromatic rings. The Kier molecular flexibility index (Phi) is 21.0. The minimum atomic E-state index is -0.556. The van der Waals surface area contributed by atoms with Crippen LogP contribution in [-0.2, 0) is 0 Å². The molecule has 0 spiro atoms. The lowest BCUT2D eigenvalue weighted by Crippen LogP contribution is -2.08. The monoisotopic (exact) mass is 868 g/mol. The van der Waals surface area contributed by atoms with Crippen molar-refractivity contribution < 1.29 is 38.7 Å². The number of carbonyl (C=O) groups is 2. The summed E-state index contributed by atoms with van der Waals surface area (Å²) in [5.41, 5.74) is 2.54. The van der Waals surface area contributed by atoms with Gasteiger partial charge in [0.05, 0.1) is 35.7 Å². The van der Waals surface area contributed by atoms with Gasteiger partial charge >= 0.3 is 11.9 Å². The first-order chi connectivity index (χ1) is 31.3. The third kappa shape index (κ3) is 17.0. The van der Waals surface area contributed by atoms with Gasteiger partial charge in [-0.3, -0.25) is 9.98 Å². The van der Waals surface area contributed by atoms with Crippen LogP contribution in [0.5, 0.6) is 34.5 Å². The fourth-order valence-electron chi connectivity index (χ4n) is 6.91. The summed E-state index contributed by atoms with van der Waals surface area (Å²) in [6.07, 6.45) is 22.7. The second-order valence-corrected chi connectivity index (χ2v) is 15.9. The highest BCUT2D eigenvalue weighted by Gasteiger charge is 2.13. The maximum atomic E-state index is 12.8. The van der Waals surface area contributed by atoms with Crippen molar-refractivity contribution in [2.75, 3.05) is 13.2 Å². The van der Waals surface area contributed by atoms with Crippen LogP contribution in [-0.4, -0.2) is 47.8 Å². The maximum absolute atomic E-state index is 12.8. The molecule has 5 rings (SSSR count). The van der Waals surface area contributed by atoms with E-state index in [2.05, 4.69) is 23.8 Å². The number of hydrogen-bond donors (Lipinski definition) is 2. The van der Waals surface area contributed by atoms with Crippen LogP contribution in [0.25, 0.3) is 0 Å². The number of para-hydroxylation sites is 2. The lowest BCUT2D eigenvalue weighted by Gasteiger charge is -2.09. The fraction of sp³-hybridized carbons (Fsp3) is 0.370. The molecule has 10 heteroatoms. The number of phenols is 2. The highest BCUT2D eigenvalue weighted by atomic mass is 16.5. The Morgan fingerprint density at radius 3 is 1.16 bits per heavy atom. The van der Waals surface area contributed by atoms with Crippen LogP contribution in [0.2, 0.25) is 0 Å². The van der Waals surface area contributed by atoms with Crippen LogP contribution in [0.1, 0.15) is 148 Å². The van der Waals surface area contributed by atoms with Gasteiger partial charge in [-0.2, -0.15) is 0 Å². The van der Waals surface area contributed by atoms with Crippen molar-refractivity contribution in [3.63, 3.8) is 0 Å². The zero-order valence-electron chi connectivity index (χ0n) is 37.5. The van der Waals surface area contributed by atoms with Crippen molar-refractivity contribution in [3.05, 3.63) is 131 Å². The SMILES string of the molecule is CCCCCCCCCCOc1ccc(C(=O)Oc2ccc(C=Nc3ccccc3N=Cc3ccc(OC(=O)c4ccc(OCCCCCCCCCC)cc4)cc3O)c(O)c2)cc1. The molecule has 64 heavy (non-hydrogen) atoms. The van der Waals surface area contributed by atoms with Crippen molar-refractivity contribution in [1.82, 2.24) is 0 Å². The van der Waals surface area contributed by atoms with Crippen LogP contribution in [0.4, 0.5) is 11.4 Å². The number of unbranched alkanes of at least 4 members (excludes halogenated alkanes) is 14. The summed E-state index contributed by atoms with van der Waals surface area (Å²) in [5, 5.41) is 21.5. The lowest BCUT2D eigenvalue weighted by atomic mass is 10.1. The van der Waals surface area contributed by atoms with E-state index in [9.17, 15) is 19.8 Å². The Balaban J connectivity index is 1.07. The first kappa shape index (κ1) is 48.6. The van der Waals surface area contributed by atoms with Crippen LogP contribution in [0.15, 0.2) is 119 Å². The maximum Gasteiger partial charge on any atom is 0.343 e. The molecule has 2 N–H and O–H groups in total. The third-order valence-electron chi connectivity index (χ3n) is 10.7. The molecule has 10 nitrogen and oxygen atoms in total. The number of esters is 2. The van der Waals surface area contributed by atoms with E-state index in [0.29, 0.717) is 58.3 Å². The summed E-state index contributed by atoms with van der Waals surface area (Å²) in [5.74, 6) is 0.412. The van der Waals surface area contributed by atoms with Gasteiger partial charge in [0.25, 0.3) is 0 Å². The normalized spacial score (nSPS) is 11.3. The Bertz CT molecular complexity index is 2080. The van der Waals surface area contributed by atoms with Gasteiger partial charge in [-0.15, -0.1) is 0 Å². The number of benzene rings is 5. The van der Waals surface area contributed by atoms with Crippen molar-refractivity contribution in [2.45, 2.75) is 117 Å². The van der Waals surface area contributed by atoms with Crippen LogP contribution in [0, 0.1) is 0 Å². The number of aliphatic imine (C=N–C) groups is 2. The van der Waals surface area contributed by atoms with E-state index in [1.165, 1.54) is 102 Å². The van der Waals surface area contributed by atoms with Crippen molar-refractivity contribution in [1.29, 1.82) is 0 Å². The highest BCUT2D eigenvalue weighted by molar-refractivity contribution is 5.93. The molecule has 0 atom stereocenters. The predicted molar refractivity (Wildman–Crippen MR) is 256 cm³/mol. The summed E-state index contributed by atoms with van der Waals surface area (Å²) in [4.78, 5) is 34.8. The predicted octanol–water partition coefficient (Wildman–Crippen LogP) is 14.1. The van der Waals surface area contributed by atoms with Crippen LogP contribution >= 0.6 is 0 Å². The Morgan fingerprint density at radius 2 is 0.797 bits per heavy atom. The van der Waals surface area contributed by atoms with Crippen molar-refractivity contribution >= 4 is 35.7 Å². The van der Waals surface area contributed by atoms with Gasteiger partial charge in [-0.1, -0.05) is 116 Å². The van der Waals surface area contributed by atoms with Crippen LogP contribution < -0.4 is 18.9 Å². The van der Waals surface area contributed by atoms with E-state index in [1.54, 1.807) is 84.9 Å². The fourth-order valence-corrected chi connectivity index (χ4v) is 6.91. The van der Waals surface area contributed by atoms with E-state index < -0.39 is 11.9 Å². The Morgan fingerprint density at radius 1 is 0.453 bits per heavy atom. The summed E-state index contributed by atoms with van der Waals surface area (Å²) < 4.78 is 22.8. The van der Waals surface area contributed by atoms with Crippen molar-refractivity contribution in [3.8, 4) is 34.5 Å². The molecule has 0 bridgehead atoms. The van der Waals surface area contributed by atoms with Gasteiger partial charge in [0.15, 0.2) is 0 Å². The lowest BCUT2D eigenvalue weighted by molar-refractivity contribution is 0.0724.